The van der Waals surface area contributed by atoms with Gasteiger partial charge in [-0.1, -0.05) is 11.3 Å². The van der Waals surface area contributed by atoms with Crippen LogP contribution < -0.4 is 0 Å². The van der Waals surface area contributed by atoms with Crippen LogP contribution >= 0.6 is 23.1 Å². The van der Waals surface area contributed by atoms with Gasteiger partial charge in [0, 0.05) is 29.0 Å². The lowest BCUT2D eigenvalue weighted by Crippen LogP contribution is -2.04. The van der Waals surface area contributed by atoms with Crippen LogP contribution in [0.4, 0.5) is 13.2 Å². The van der Waals surface area contributed by atoms with E-state index in [9.17, 15) is 13.2 Å². The molecule has 3 aromatic rings. The summed E-state index contributed by atoms with van der Waals surface area (Å²) in [5, 5.41) is 0.620. The summed E-state index contributed by atoms with van der Waals surface area (Å²) in [5.74, 6) is 0. The lowest BCUT2D eigenvalue weighted by Gasteiger charge is -2.04. The minimum absolute atomic E-state index is 0.251. The summed E-state index contributed by atoms with van der Waals surface area (Å²) < 4.78 is 38.1. The standard InChI is InChI=1S/C13H8F3N3S2/c1-20-10-2-3-17-6-8(10)11-19-9-4-7(13(14,15)16)5-18-12(9)21-11/h2-6H,1H3. The Bertz CT molecular complexity index is 799. The predicted octanol–water partition coefficient (Wildman–Crippen LogP) is 4.49. The van der Waals surface area contributed by atoms with Gasteiger partial charge >= 0.3 is 6.18 Å². The molecule has 0 atom stereocenters. The van der Waals surface area contributed by atoms with Crippen LogP contribution in [-0.4, -0.2) is 21.2 Å². The monoisotopic (exact) mass is 327 g/mol. The Morgan fingerprint density at radius 1 is 1.24 bits per heavy atom. The average molecular weight is 327 g/mol. The third-order valence-corrected chi connectivity index (χ3v) is 4.61. The van der Waals surface area contributed by atoms with Crippen molar-refractivity contribution in [2.24, 2.45) is 0 Å². The van der Waals surface area contributed by atoms with E-state index in [0.29, 0.717) is 9.84 Å². The zero-order valence-electron chi connectivity index (χ0n) is 10.7. The van der Waals surface area contributed by atoms with Gasteiger partial charge in [-0.3, -0.25) is 4.98 Å². The van der Waals surface area contributed by atoms with Crippen molar-refractivity contribution in [3.8, 4) is 10.6 Å². The Morgan fingerprint density at radius 2 is 2.05 bits per heavy atom. The molecule has 0 unspecified atom stereocenters. The normalized spacial score (nSPS) is 12.0. The van der Waals surface area contributed by atoms with Crippen molar-refractivity contribution >= 4 is 33.4 Å². The van der Waals surface area contributed by atoms with Crippen LogP contribution in [0.3, 0.4) is 0 Å². The number of thiazole rings is 1. The number of thioether (sulfide) groups is 1. The molecule has 0 saturated carbocycles. The maximum atomic E-state index is 12.7. The topological polar surface area (TPSA) is 38.7 Å². The minimum Gasteiger partial charge on any atom is -0.264 e. The highest BCUT2D eigenvalue weighted by molar-refractivity contribution is 7.98. The molecule has 0 saturated heterocycles. The van der Waals surface area contributed by atoms with E-state index in [4.69, 9.17) is 0 Å². The van der Waals surface area contributed by atoms with Crippen LogP contribution in [-0.2, 0) is 6.18 Å². The maximum absolute atomic E-state index is 12.7. The fourth-order valence-corrected chi connectivity index (χ4v) is 3.36. The molecular formula is C13H8F3N3S2. The van der Waals surface area contributed by atoms with Crippen molar-refractivity contribution < 1.29 is 13.2 Å². The first-order chi connectivity index (χ1) is 9.99. The molecule has 0 N–H and O–H groups in total. The van der Waals surface area contributed by atoms with E-state index in [0.717, 1.165) is 22.7 Å². The summed E-state index contributed by atoms with van der Waals surface area (Å²) in [4.78, 5) is 13.6. The number of halogens is 3. The zero-order chi connectivity index (χ0) is 15.0. The third kappa shape index (κ3) is 2.73. The fourth-order valence-electron chi connectivity index (χ4n) is 1.81. The number of hydrogen-bond acceptors (Lipinski definition) is 5. The molecule has 3 rings (SSSR count). The second-order valence-electron chi connectivity index (χ2n) is 4.14. The quantitative estimate of drug-likeness (QED) is 0.650. The van der Waals surface area contributed by atoms with Crippen LogP contribution in [0, 0.1) is 0 Å². The van der Waals surface area contributed by atoms with Gasteiger partial charge in [0.2, 0.25) is 0 Å². The number of rotatable bonds is 2. The average Bonchev–Trinajstić information content (AvgIpc) is 2.89. The fraction of sp³-hybridized carbons (Fsp3) is 0.154. The summed E-state index contributed by atoms with van der Waals surface area (Å²) in [5.41, 5.74) is 0.269. The van der Waals surface area contributed by atoms with Crippen molar-refractivity contribution in [2.45, 2.75) is 11.1 Å². The molecular weight excluding hydrogens is 319 g/mol. The molecule has 3 heterocycles. The highest BCUT2D eigenvalue weighted by Gasteiger charge is 2.31. The van der Waals surface area contributed by atoms with Crippen LogP contribution in [0.25, 0.3) is 20.9 Å². The predicted molar refractivity (Wildman–Crippen MR) is 77.4 cm³/mol. The number of nitrogens with zero attached hydrogens (tertiary/aromatic N) is 3. The van der Waals surface area contributed by atoms with Crippen molar-refractivity contribution in [2.75, 3.05) is 6.26 Å². The molecule has 3 aromatic heterocycles. The zero-order valence-corrected chi connectivity index (χ0v) is 12.3. The maximum Gasteiger partial charge on any atom is 0.417 e. The molecule has 0 fully saturated rings. The van der Waals surface area contributed by atoms with E-state index >= 15 is 0 Å². The molecule has 8 heteroatoms. The van der Waals surface area contributed by atoms with E-state index < -0.39 is 11.7 Å². The summed E-state index contributed by atoms with van der Waals surface area (Å²) >= 11 is 2.79. The van der Waals surface area contributed by atoms with Gasteiger partial charge < -0.3 is 0 Å². The number of aromatic nitrogens is 3. The number of hydrogen-bond donors (Lipinski definition) is 0. The van der Waals surface area contributed by atoms with Gasteiger partial charge in [0.15, 0.2) is 0 Å². The van der Waals surface area contributed by atoms with E-state index in [1.807, 2.05) is 12.3 Å². The highest BCUT2D eigenvalue weighted by atomic mass is 32.2. The van der Waals surface area contributed by atoms with Gasteiger partial charge in [0.1, 0.15) is 15.4 Å². The Kier molecular flexibility index (Phi) is 3.58. The number of fused-ring (bicyclic) bond motifs is 1. The van der Waals surface area contributed by atoms with E-state index in [-0.39, 0.29) is 5.52 Å². The van der Waals surface area contributed by atoms with Crippen LogP contribution in [0.15, 0.2) is 35.6 Å². The van der Waals surface area contributed by atoms with Crippen molar-refractivity contribution in [3.05, 3.63) is 36.3 Å². The molecule has 0 radical (unpaired) electrons. The molecule has 0 aromatic carbocycles. The van der Waals surface area contributed by atoms with Gasteiger partial charge in [-0.05, 0) is 18.4 Å². The van der Waals surface area contributed by atoms with Crippen molar-refractivity contribution in [1.82, 2.24) is 15.0 Å². The van der Waals surface area contributed by atoms with E-state index in [1.165, 1.54) is 23.1 Å². The SMILES string of the molecule is CSc1ccncc1-c1nc2cc(C(F)(F)F)cnc2s1. The molecule has 108 valence electrons. The molecule has 0 bridgehead atoms. The first-order valence-corrected chi connectivity index (χ1v) is 7.85. The van der Waals surface area contributed by atoms with Crippen LogP contribution in [0.2, 0.25) is 0 Å². The third-order valence-electron chi connectivity index (χ3n) is 2.81. The molecule has 21 heavy (non-hydrogen) atoms. The summed E-state index contributed by atoms with van der Waals surface area (Å²) in [7, 11) is 0. The number of pyridine rings is 2. The minimum atomic E-state index is -4.41. The lowest BCUT2D eigenvalue weighted by molar-refractivity contribution is -0.137. The van der Waals surface area contributed by atoms with Crippen molar-refractivity contribution in [3.63, 3.8) is 0 Å². The van der Waals surface area contributed by atoms with Gasteiger partial charge in [-0.2, -0.15) is 13.2 Å². The van der Waals surface area contributed by atoms with Crippen molar-refractivity contribution in [1.29, 1.82) is 0 Å². The van der Waals surface area contributed by atoms with E-state index in [2.05, 4.69) is 15.0 Å². The summed E-state index contributed by atoms with van der Waals surface area (Å²) in [6, 6.07) is 2.87. The summed E-state index contributed by atoms with van der Waals surface area (Å²) in [6.45, 7) is 0. The Morgan fingerprint density at radius 3 is 2.76 bits per heavy atom. The van der Waals surface area contributed by atoms with Gasteiger partial charge in [-0.25, -0.2) is 9.97 Å². The molecule has 3 nitrogen and oxygen atoms in total. The Balaban J connectivity index is 2.13. The van der Waals surface area contributed by atoms with E-state index in [1.54, 1.807) is 12.4 Å². The second kappa shape index (κ2) is 5.27. The van der Waals surface area contributed by atoms with Crippen LogP contribution in [0.5, 0.6) is 0 Å². The Hall–Kier alpha value is -1.67. The lowest BCUT2D eigenvalue weighted by atomic mass is 10.2. The first-order valence-electron chi connectivity index (χ1n) is 5.81. The largest absolute Gasteiger partial charge is 0.417 e. The molecule has 0 aliphatic rings. The molecule has 0 amide bonds. The molecule has 0 aliphatic heterocycles. The van der Waals surface area contributed by atoms with Gasteiger partial charge in [0.05, 0.1) is 5.56 Å². The number of alkyl halides is 3. The molecule has 0 spiro atoms. The Labute approximate surface area is 126 Å². The van der Waals surface area contributed by atoms with Crippen LogP contribution in [0.1, 0.15) is 5.56 Å². The van der Waals surface area contributed by atoms with Gasteiger partial charge in [0.25, 0.3) is 0 Å². The summed E-state index contributed by atoms with van der Waals surface area (Å²) in [6.07, 6.45) is 1.68. The smallest absolute Gasteiger partial charge is 0.264 e. The molecule has 0 aliphatic carbocycles. The first kappa shape index (κ1) is 14.3. The van der Waals surface area contributed by atoms with Gasteiger partial charge in [-0.15, -0.1) is 11.8 Å². The highest BCUT2D eigenvalue weighted by Crippen LogP contribution is 2.36. The second-order valence-corrected chi connectivity index (χ2v) is 5.97.